The van der Waals surface area contributed by atoms with Crippen LogP contribution in [0, 0.1) is 5.82 Å². The molecule has 1 fully saturated rings. The van der Waals surface area contributed by atoms with Crippen LogP contribution < -0.4 is 21.3 Å². The summed E-state index contributed by atoms with van der Waals surface area (Å²) in [5, 5.41) is 5.52. The third-order valence-corrected chi connectivity index (χ3v) is 4.49. The Morgan fingerprint density at radius 3 is 2.58 bits per heavy atom. The van der Waals surface area contributed by atoms with E-state index in [0.717, 1.165) is 0 Å². The van der Waals surface area contributed by atoms with E-state index in [0.29, 0.717) is 31.6 Å². The molecule has 0 spiro atoms. The summed E-state index contributed by atoms with van der Waals surface area (Å²) in [6, 6.07) is 3.86. The Hall–Kier alpha value is -1.86. The zero-order valence-corrected chi connectivity index (χ0v) is 14.7. The minimum Gasteiger partial charge on any atom is -0.345 e. The first-order valence-corrected chi connectivity index (χ1v) is 7.84. The molecule has 0 atom stereocenters. The fraction of sp³-hybridized carbons (Fsp3) is 0.500. The van der Waals surface area contributed by atoms with Gasteiger partial charge in [-0.1, -0.05) is 13.8 Å². The predicted molar refractivity (Wildman–Crippen MR) is 94.2 cm³/mol. The van der Waals surface area contributed by atoms with Gasteiger partial charge >= 0.3 is 6.03 Å². The predicted octanol–water partition coefficient (Wildman–Crippen LogP) is 2.02. The summed E-state index contributed by atoms with van der Waals surface area (Å²) < 4.78 is 14.1. The molecule has 1 saturated heterocycles. The van der Waals surface area contributed by atoms with Crippen LogP contribution in [0.15, 0.2) is 18.2 Å². The van der Waals surface area contributed by atoms with Gasteiger partial charge in [-0.3, -0.25) is 9.69 Å². The van der Waals surface area contributed by atoms with E-state index in [-0.39, 0.29) is 30.5 Å². The number of hydrogen-bond acceptors (Lipinski definition) is 3. The maximum atomic E-state index is 14.1. The van der Waals surface area contributed by atoms with Gasteiger partial charge in [0.2, 0.25) is 0 Å². The molecule has 1 aromatic rings. The average Bonchev–Trinajstić information content (AvgIpc) is 2.99. The van der Waals surface area contributed by atoms with Crippen molar-refractivity contribution < 1.29 is 14.0 Å². The molecule has 1 heterocycles. The highest BCUT2D eigenvalue weighted by Gasteiger charge is 2.29. The van der Waals surface area contributed by atoms with Crippen molar-refractivity contribution in [3.05, 3.63) is 29.6 Å². The quantitative estimate of drug-likeness (QED) is 0.727. The van der Waals surface area contributed by atoms with Crippen LogP contribution in [-0.4, -0.2) is 37.1 Å². The number of amides is 3. The molecule has 24 heavy (non-hydrogen) atoms. The fourth-order valence-electron chi connectivity index (χ4n) is 2.65. The summed E-state index contributed by atoms with van der Waals surface area (Å²) in [7, 11) is 0. The molecule has 4 N–H and O–H groups in total. The SMILES string of the molecule is CCC(CC)(CN)NC(=O)c1cc(N2CCNC2=O)ccc1F.Cl. The number of urea groups is 1. The summed E-state index contributed by atoms with van der Waals surface area (Å²) in [4.78, 5) is 25.7. The number of rotatable bonds is 6. The first-order chi connectivity index (χ1) is 11.0. The molecule has 1 aliphatic heterocycles. The Morgan fingerprint density at radius 1 is 1.42 bits per heavy atom. The lowest BCUT2D eigenvalue weighted by molar-refractivity contribution is 0.0891. The number of nitrogens with zero attached hydrogens (tertiary/aromatic N) is 1. The third kappa shape index (κ3) is 3.96. The lowest BCUT2D eigenvalue weighted by atomic mass is 9.92. The van der Waals surface area contributed by atoms with E-state index in [4.69, 9.17) is 5.73 Å². The molecule has 1 aliphatic rings. The molecule has 0 radical (unpaired) electrons. The normalized spacial score (nSPS) is 14.2. The average molecular weight is 359 g/mol. The van der Waals surface area contributed by atoms with E-state index < -0.39 is 17.3 Å². The Labute approximate surface area is 147 Å². The molecule has 0 unspecified atom stereocenters. The second-order valence-electron chi connectivity index (χ2n) is 5.69. The monoisotopic (exact) mass is 358 g/mol. The van der Waals surface area contributed by atoms with Crippen LogP contribution in [0.1, 0.15) is 37.0 Å². The lowest BCUT2D eigenvalue weighted by Crippen LogP contribution is -2.53. The van der Waals surface area contributed by atoms with Crippen LogP contribution in [0.4, 0.5) is 14.9 Å². The van der Waals surface area contributed by atoms with E-state index in [1.54, 1.807) is 0 Å². The van der Waals surface area contributed by atoms with Crippen LogP contribution in [-0.2, 0) is 0 Å². The number of nitrogens with two attached hydrogens (primary N) is 1. The standard InChI is InChI=1S/C16H23FN4O2.ClH/c1-3-16(4-2,10-18)20-14(22)12-9-11(5-6-13(12)17)21-8-7-19-15(21)23;/h5-6,9H,3-4,7-8,10,18H2,1-2H3,(H,19,23)(H,20,22);1H. The van der Waals surface area contributed by atoms with Gasteiger partial charge in [0.1, 0.15) is 5.82 Å². The molecule has 0 saturated carbocycles. The molecule has 0 bridgehead atoms. The Morgan fingerprint density at radius 2 is 2.08 bits per heavy atom. The van der Waals surface area contributed by atoms with Crippen molar-refractivity contribution in [2.45, 2.75) is 32.2 Å². The topological polar surface area (TPSA) is 87.5 Å². The van der Waals surface area contributed by atoms with Gasteiger partial charge in [-0.05, 0) is 31.0 Å². The van der Waals surface area contributed by atoms with E-state index in [1.165, 1.54) is 23.1 Å². The molecular weight excluding hydrogens is 335 g/mol. The summed E-state index contributed by atoms with van der Waals surface area (Å²) >= 11 is 0. The lowest BCUT2D eigenvalue weighted by Gasteiger charge is -2.31. The Kier molecular flexibility index (Phi) is 6.98. The van der Waals surface area contributed by atoms with Crippen LogP contribution in [0.3, 0.4) is 0 Å². The zero-order valence-electron chi connectivity index (χ0n) is 13.9. The number of halogens is 2. The van der Waals surface area contributed by atoms with Gasteiger partial charge in [0.05, 0.1) is 11.1 Å². The highest BCUT2D eigenvalue weighted by Crippen LogP contribution is 2.22. The molecule has 134 valence electrons. The van der Waals surface area contributed by atoms with Crippen molar-refractivity contribution >= 4 is 30.0 Å². The number of anilines is 1. The number of hydrogen-bond donors (Lipinski definition) is 3. The van der Waals surface area contributed by atoms with Crippen molar-refractivity contribution in [2.24, 2.45) is 5.73 Å². The van der Waals surface area contributed by atoms with E-state index in [9.17, 15) is 14.0 Å². The molecule has 2 rings (SSSR count). The maximum absolute atomic E-state index is 14.1. The van der Waals surface area contributed by atoms with Gasteiger partial charge in [-0.25, -0.2) is 9.18 Å². The summed E-state index contributed by atoms with van der Waals surface area (Å²) in [6.45, 7) is 5.15. The van der Waals surface area contributed by atoms with Crippen molar-refractivity contribution in [1.29, 1.82) is 0 Å². The largest absolute Gasteiger partial charge is 0.345 e. The van der Waals surface area contributed by atoms with Crippen molar-refractivity contribution in [3.8, 4) is 0 Å². The molecular formula is C16H24ClFN4O2. The van der Waals surface area contributed by atoms with Crippen LogP contribution >= 0.6 is 12.4 Å². The molecule has 0 aliphatic carbocycles. The van der Waals surface area contributed by atoms with Gasteiger partial charge in [-0.2, -0.15) is 0 Å². The molecule has 1 aromatic carbocycles. The third-order valence-electron chi connectivity index (χ3n) is 4.49. The fourth-order valence-corrected chi connectivity index (χ4v) is 2.65. The van der Waals surface area contributed by atoms with E-state index in [2.05, 4.69) is 10.6 Å². The van der Waals surface area contributed by atoms with Crippen LogP contribution in [0.25, 0.3) is 0 Å². The molecule has 0 aromatic heterocycles. The maximum Gasteiger partial charge on any atom is 0.321 e. The molecule has 3 amide bonds. The molecule has 8 heteroatoms. The van der Waals surface area contributed by atoms with Gasteiger partial charge in [0.15, 0.2) is 0 Å². The minimum absolute atomic E-state index is 0. The first kappa shape index (κ1) is 20.2. The van der Waals surface area contributed by atoms with Crippen molar-refractivity contribution in [1.82, 2.24) is 10.6 Å². The number of nitrogens with one attached hydrogen (secondary N) is 2. The summed E-state index contributed by atoms with van der Waals surface area (Å²) in [6.07, 6.45) is 1.31. The van der Waals surface area contributed by atoms with Crippen LogP contribution in [0.2, 0.25) is 0 Å². The minimum atomic E-state index is -0.621. The van der Waals surface area contributed by atoms with Crippen molar-refractivity contribution in [2.75, 3.05) is 24.5 Å². The van der Waals surface area contributed by atoms with Crippen molar-refractivity contribution in [3.63, 3.8) is 0 Å². The van der Waals surface area contributed by atoms with E-state index in [1.807, 2.05) is 13.8 Å². The smallest absolute Gasteiger partial charge is 0.321 e. The van der Waals surface area contributed by atoms with Gasteiger partial charge < -0.3 is 16.4 Å². The number of carbonyl (C=O) groups excluding carboxylic acids is 2. The molecule has 6 nitrogen and oxygen atoms in total. The number of carbonyl (C=O) groups is 2. The van der Waals surface area contributed by atoms with Gasteiger partial charge in [0, 0.05) is 25.3 Å². The second kappa shape index (κ2) is 8.30. The summed E-state index contributed by atoms with van der Waals surface area (Å²) in [5.74, 6) is -1.14. The number of benzene rings is 1. The highest BCUT2D eigenvalue weighted by molar-refractivity contribution is 5.99. The zero-order chi connectivity index (χ0) is 17.0. The second-order valence-corrected chi connectivity index (χ2v) is 5.69. The Balaban J connectivity index is 0.00000288. The first-order valence-electron chi connectivity index (χ1n) is 7.84. The van der Waals surface area contributed by atoms with Crippen LogP contribution in [0.5, 0.6) is 0 Å². The highest BCUT2D eigenvalue weighted by atomic mass is 35.5. The van der Waals surface area contributed by atoms with E-state index >= 15 is 0 Å². The van der Waals surface area contributed by atoms with Gasteiger partial charge in [0.25, 0.3) is 5.91 Å². The summed E-state index contributed by atoms with van der Waals surface area (Å²) in [5.41, 5.74) is 5.64. The Bertz CT molecular complexity index is 599. The van der Waals surface area contributed by atoms with Gasteiger partial charge in [-0.15, -0.1) is 12.4 Å².